The molecule has 72 heavy (non-hydrogen) atoms. The van der Waals surface area contributed by atoms with Crippen LogP contribution in [0.3, 0.4) is 0 Å². The molecule has 1 unspecified atom stereocenters. The van der Waals surface area contributed by atoms with Gasteiger partial charge in [0, 0.05) is 12.3 Å². The predicted octanol–water partition coefficient (Wildman–Crippen LogP) is -2.37. The van der Waals surface area contributed by atoms with Crippen LogP contribution in [0, 0.1) is 46.3 Å². The Labute approximate surface area is 419 Å². The van der Waals surface area contributed by atoms with Crippen molar-refractivity contribution >= 4 is 0 Å². The molecule has 22 nitrogen and oxygen atoms in total. The first kappa shape index (κ1) is 55.6. The van der Waals surface area contributed by atoms with E-state index in [0.717, 1.165) is 32.1 Å². The Morgan fingerprint density at radius 2 is 1.25 bits per heavy atom. The lowest BCUT2D eigenvalue weighted by Crippen LogP contribution is -2.65. The molecule has 5 heterocycles. The Bertz CT molecular complexity index is 1860. The van der Waals surface area contributed by atoms with Crippen LogP contribution in [0.25, 0.3) is 0 Å². The molecule has 30 atom stereocenters. The fraction of sp³-hybridized carbons (Fsp3) is 0.960. The van der Waals surface area contributed by atoms with Gasteiger partial charge in [-0.2, -0.15) is 0 Å². The van der Waals surface area contributed by atoms with E-state index < -0.39 is 148 Å². The van der Waals surface area contributed by atoms with Crippen molar-refractivity contribution in [1.29, 1.82) is 0 Å². The maximum absolute atomic E-state index is 12.1. The summed E-state index contributed by atoms with van der Waals surface area (Å²) in [6, 6.07) is 0. The molecule has 0 aromatic carbocycles. The zero-order valence-corrected chi connectivity index (χ0v) is 41.8. The van der Waals surface area contributed by atoms with Crippen molar-refractivity contribution in [2.24, 2.45) is 46.3 Å². The van der Waals surface area contributed by atoms with Crippen molar-refractivity contribution in [3.05, 3.63) is 11.6 Å². The zero-order valence-electron chi connectivity index (χ0n) is 41.8. The molecule has 0 amide bonds. The SMILES string of the molecule is C[C@H](CCC1(O)O[C@H]2C[C@H]3[C@@H]4CC=C5C[C@@H](O[C@@H]6O[C@H](CO)[C@@H](O[C@@H]7O[C@@H](CO)[C@H](O)[C@H]7O)[C@H](O)[C@H]6O[C@@H]6O[C@@H](C)[C@H](O)[C@@H](O)[C@H]6O)CC[C@]5(C)[C@H]4CC[C@]3(C)[C@H]2[C@@H]1C)CO[C@@H]1O[C@H](CO)[C@@H](O)[C@H](O)[C@H]1O. The minimum Gasteiger partial charge on any atom is -0.394 e. The van der Waals surface area contributed by atoms with Gasteiger partial charge in [0.2, 0.25) is 0 Å². The van der Waals surface area contributed by atoms with Gasteiger partial charge in [0.1, 0.15) is 85.5 Å². The maximum atomic E-state index is 12.1. The summed E-state index contributed by atoms with van der Waals surface area (Å²) in [6.07, 6.45) is -18.8. The van der Waals surface area contributed by atoms with Gasteiger partial charge >= 0.3 is 0 Å². The molecule has 0 bridgehead atoms. The zero-order chi connectivity index (χ0) is 51.9. The molecule has 5 saturated heterocycles. The predicted molar refractivity (Wildman–Crippen MR) is 244 cm³/mol. The number of aliphatic hydroxyl groups is 13. The summed E-state index contributed by atoms with van der Waals surface area (Å²) in [7, 11) is 0. The average molecular weight is 1040 g/mol. The van der Waals surface area contributed by atoms with Crippen LogP contribution >= 0.6 is 0 Å². The fourth-order valence-electron chi connectivity index (χ4n) is 14.8. The first-order valence-corrected chi connectivity index (χ1v) is 26.3. The molecule has 0 radical (unpaired) electrons. The van der Waals surface area contributed by atoms with E-state index in [1.807, 2.05) is 6.92 Å². The minimum atomic E-state index is -1.74. The molecule has 0 aromatic heterocycles. The Morgan fingerprint density at radius 3 is 1.94 bits per heavy atom. The number of allylic oxidation sites excluding steroid dienone is 1. The van der Waals surface area contributed by atoms with E-state index in [2.05, 4.69) is 26.8 Å². The highest BCUT2D eigenvalue weighted by molar-refractivity contribution is 5.26. The Morgan fingerprint density at radius 1 is 0.653 bits per heavy atom. The van der Waals surface area contributed by atoms with Gasteiger partial charge in [-0.05, 0) is 98.7 Å². The van der Waals surface area contributed by atoms with Crippen molar-refractivity contribution < 1.29 is 109 Å². The van der Waals surface area contributed by atoms with Gasteiger partial charge in [0.25, 0.3) is 0 Å². The highest BCUT2D eigenvalue weighted by Gasteiger charge is 2.68. The molecule has 4 aliphatic carbocycles. The second-order valence-corrected chi connectivity index (χ2v) is 23.3. The summed E-state index contributed by atoms with van der Waals surface area (Å²) in [5.74, 6) is -0.222. The number of hydrogen-bond acceptors (Lipinski definition) is 22. The third-order valence-electron chi connectivity index (χ3n) is 19.2. The molecule has 0 spiro atoms. The van der Waals surface area contributed by atoms with E-state index in [9.17, 15) is 66.4 Å². The topological polar surface area (TPSA) is 346 Å². The van der Waals surface area contributed by atoms with Crippen molar-refractivity contribution in [3.8, 4) is 0 Å². The van der Waals surface area contributed by atoms with Crippen LogP contribution in [0.2, 0.25) is 0 Å². The highest BCUT2D eigenvalue weighted by Crippen LogP contribution is 2.70. The summed E-state index contributed by atoms with van der Waals surface area (Å²) >= 11 is 0. The molecule has 5 aliphatic heterocycles. The summed E-state index contributed by atoms with van der Waals surface area (Å²) in [5, 5.41) is 138. The van der Waals surface area contributed by atoms with Gasteiger partial charge in [-0.3, -0.25) is 0 Å². The van der Waals surface area contributed by atoms with Crippen molar-refractivity contribution in [2.75, 3.05) is 26.4 Å². The van der Waals surface area contributed by atoms with Crippen molar-refractivity contribution in [1.82, 2.24) is 0 Å². The second kappa shape index (κ2) is 21.6. The lowest BCUT2D eigenvalue weighted by molar-refractivity contribution is -0.380. The monoisotopic (exact) mass is 1030 g/mol. The van der Waals surface area contributed by atoms with Crippen LogP contribution < -0.4 is 0 Å². The van der Waals surface area contributed by atoms with Crippen LogP contribution in [0.4, 0.5) is 0 Å². The van der Waals surface area contributed by atoms with Crippen LogP contribution in [0.5, 0.6) is 0 Å². The summed E-state index contributed by atoms with van der Waals surface area (Å²) in [5.41, 5.74) is 1.07. The van der Waals surface area contributed by atoms with Gasteiger partial charge in [-0.1, -0.05) is 39.3 Å². The quantitative estimate of drug-likeness (QED) is 0.0763. The lowest BCUT2D eigenvalue weighted by atomic mass is 9.47. The van der Waals surface area contributed by atoms with E-state index in [1.54, 1.807) is 0 Å². The highest BCUT2D eigenvalue weighted by atomic mass is 16.8. The number of rotatable bonds is 15. The fourth-order valence-corrected chi connectivity index (χ4v) is 14.8. The molecule has 8 fully saturated rings. The Balaban J connectivity index is 0.843. The minimum absolute atomic E-state index is 0.0571. The summed E-state index contributed by atoms with van der Waals surface area (Å²) in [6.45, 7) is 8.58. The summed E-state index contributed by atoms with van der Waals surface area (Å²) < 4.78 is 54.3. The molecule has 22 heteroatoms. The van der Waals surface area contributed by atoms with Gasteiger partial charge in [0.05, 0.1) is 44.7 Å². The van der Waals surface area contributed by atoms with Gasteiger partial charge in [-0.15, -0.1) is 0 Å². The normalized spacial score (nSPS) is 54.9. The van der Waals surface area contributed by atoms with E-state index in [0.29, 0.717) is 43.4 Å². The third kappa shape index (κ3) is 9.80. The second-order valence-electron chi connectivity index (χ2n) is 23.3. The molecule has 3 saturated carbocycles. The lowest BCUT2D eigenvalue weighted by Gasteiger charge is -2.58. The maximum Gasteiger partial charge on any atom is 0.187 e. The van der Waals surface area contributed by atoms with E-state index in [-0.39, 0.29) is 41.3 Å². The summed E-state index contributed by atoms with van der Waals surface area (Å²) in [4.78, 5) is 0. The van der Waals surface area contributed by atoms with Crippen LogP contribution in [0.1, 0.15) is 92.4 Å². The van der Waals surface area contributed by atoms with E-state index >= 15 is 0 Å². The smallest absolute Gasteiger partial charge is 0.187 e. The Hall–Kier alpha value is -1.14. The third-order valence-corrected chi connectivity index (χ3v) is 19.2. The van der Waals surface area contributed by atoms with Crippen molar-refractivity contribution in [3.63, 3.8) is 0 Å². The standard InChI is InChI=1S/C50H82O22/c1-20(19-64-44-39(60)37(58)34(55)29(16-51)67-44)8-13-50(63)21(2)32-28(72-50)15-27-25-7-6-23-14-24(9-11-48(23,4)26(25)10-12-49(27,32)5)66-47-43(71-45-40(61)36(57)33(54)22(3)65-45)41(62)42(31(18-53)69-47)70-46-38(59)35(56)30(17-52)68-46/h6,20-22,24-47,51-63H,7-19H2,1-5H3/t20-,21+,22+,24+,25-,26+,27+,28+,29-,30+,31-,32+,33+,34-,35+,36-,37+,38-,39-,40-,41+,42-,43-,44-,45+,46+,47-,48+,49+,50?/m1/s1. The van der Waals surface area contributed by atoms with Crippen LogP contribution in [-0.4, -0.2) is 228 Å². The van der Waals surface area contributed by atoms with E-state index in [4.69, 9.17) is 42.6 Å². The molecule has 13 N–H and O–H groups in total. The van der Waals surface area contributed by atoms with Gasteiger partial charge in [-0.25, -0.2) is 0 Å². The average Bonchev–Trinajstić information content (AvgIpc) is 3.91. The first-order valence-electron chi connectivity index (χ1n) is 26.3. The molecule has 9 aliphatic rings. The van der Waals surface area contributed by atoms with Gasteiger partial charge < -0.3 is 109 Å². The largest absolute Gasteiger partial charge is 0.394 e. The Kier molecular flexibility index (Phi) is 16.7. The molecule has 0 aromatic rings. The molecule has 9 rings (SSSR count). The number of hydrogen-bond donors (Lipinski definition) is 13. The number of ether oxygens (including phenoxy) is 9. The molecular weight excluding hydrogens is 953 g/mol. The van der Waals surface area contributed by atoms with E-state index in [1.165, 1.54) is 12.5 Å². The first-order chi connectivity index (χ1) is 34.1. The van der Waals surface area contributed by atoms with Gasteiger partial charge in [0.15, 0.2) is 30.9 Å². The van der Waals surface area contributed by atoms with Crippen molar-refractivity contribution in [2.45, 2.75) is 227 Å². The van der Waals surface area contributed by atoms with Crippen LogP contribution in [-0.2, 0) is 42.6 Å². The van der Waals surface area contributed by atoms with Crippen LogP contribution in [0.15, 0.2) is 11.6 Å². The molecular formula is C50H82O22. The number of fused-ring (bicyclic) bond motifs is 7. The molecule has 414 valence electrons. The number of aliphatic hydroxyl groups excluding tert-OH is 12.